The van der Waals surface area contributed by atoms with Crippen LogP contribution in [0.25, 0.3) is 0 Å². The molecule has 0 spiro atoms. The molecule has 5 heteroatoms. The van der Waals surface area contributed by atoms with Crippen molar-refractivity contribution in [2.75, 3.05) is 33.4 Å². The van der Waals surface area contributed by atoms with E-state index in [4.69, 9.17) is 9.84 Å². The molecule has 0 amide bonds. The van der Waals surface area contributed by atoms with E-state index in [0.29, 0.717) is 13.2 Å². The summed E-state index contributed by atoms with van der Waals surface area (Å²) in [4.78, 5) is 10.8. The Morgan fingerprint density at radius 3 is 2.85 bits per heavy atom. The van der Waals surface area contributed by atoms with Crippen molar-refractivity contribution in [3.63, 3.8) is 0 Å². The fraction of sp³-hybridized carbons (Fsp3) is 0.875. The first-order chi connectivity index (χ1) is 6.20. The molecule has 13 heavy (non-hydrogen) atoms. The van der Waals surface area contributed by atoms with Crippen LogP contribution in [0.3, 0.4) is 0 Å². The van der Waals surface area contributed by atoms with Gasteiger partial charge in [-0.05, 0) is 6.92 Å². The van der Waals surface area contributed by atoms with Gasteiger partial charge in [0.2, 0.25) is 0 Å². The fourth-order valence-electron chi connectivity index (χ4n) is 0.804. The average molecular weight is 191 g/mol. The van der Waals surface area contributed by atoms with Gasteiger partial charge < -0.3 is 19.9 Å². The molecule has 1 atom stereocenters. The maximum absolute atomic E-state index is 10.8. The van der Waals surface area contributed by atoms with Crippen LogP contribution in [0.2, 0.25) is 0 Å². The first kappa shape index (κ1) is 12.3. The van der Waals surface area contributed by atoms with Crippen LogP contribution in [-0.4, -0.2) is 50.6 Å². The second-order valence-electron chi connectivity index (χ2n) is 2.55. The number of aliphatic hydroxyl groups excluding tert-OH is 1. The summed E-state index contributed by atoms with van der Waals surface area (Å²) in [7, 11) is 1.51. The van der Waals surface area contributed by atoms with Crippen molar-refractivity contribution in [1.82, 2.24) is 5.32 Å². The standard InChI is InChI=1S/C8H17NO4/c1-3-13-8(11)5-9-4-7(10)6-12-2/h7,9-10H,3-6H2,1-2H3/t7-/m1/s1. The molecule has 2 N–H and O–H groups in total. The van der Waals surface area contributed by atoms with Crippen LogP contribution in [0.1, 0.15) is 6.92 Å². The van der Waals surface area contributed by atoms with Gasteiger partial charge in [-0.15, -0.1) is 0 Å². The third kappa shape index (κ3) is 7.70. The van der Waals surface area contributed by atoms with Gasteiger partial charge in [0.1, 0.15) is 0 Å². The number of nitrogens with one attached hydrogen (secondary N) is 1. The van der Waals surface area contributed by atoms with Gasteiger partial charge in [0.25, 0.3) is 0 Å². The first-order valence-electron chi connectivity index (χ1n) is 4.24. The second-order valence-corrected chi connectivity index (χ2v) is 2.55. The van der Waals surface area contributed by atoms with Gasteiger partial charge in [0, 0.05) is 13.7 Å². The van der Waals surface area contributed by atoms with Crippen molar-refractivity contribution in [2.45, 2.75) is 13.0 Å². The highest BCUT2D eigenvalue weighted by Gasteiger charge is 2.04. The molecular formula is C8H17NO4. The van der Waals surface area contributed by atoms with Gasteiger partial charge in [0.05, 0.1) is 25.9 Å². The van der Waals surface area contributed by atoms with Gasteiger partial charge in [-0.25, -0.2) is 0 Å². The molecule has 0 fully saturated rings. The Morgan fingerprint density at radius 2 is 2.31 bits per heavy atom. The van der Waals surface area contributed by atoms with Gasteiger partial charge >= 0.3 is 5.97 Å². The van der Waals surface area contributed by atoms with E-state index >= 15 is 0 Å². The number of rotatable bonds is 7. The predicted molar refractivity (Wildman–Crippen MR) is 47.4 cm³/mol. The lowest BCUT2D eigenvalue weighted by Gasteiger charge is -2.09. The zero-order valence-electron chi connectivity index (χ0n) is 8.08. The van der Waals surface area contributed by atoms with Crippen LogP contribution in [-0.2, 0) is 14.3 Å². The van der Waals surface area contributed by atoms with Crippen LogP contribution < -0.4 is 5.32 Å². The number of ether oxygens (including phenoxy) is 2. The van der Waals surface area contributed by atoms with E-state index in [1.807, 2.05) is 0 Å². The number of carbonyl (C=O) groups is 1. The monoisotopic (exact) mass is 191 g/mol. The Labute approximate surface area is 78.0 Å². The molecule has 0 aliphatic heterocycles. The molecule has 0 radical (unpaired) electrons. The molecule has 0 saturated carbocycles. The zero-order valence-corrected chi connectivity index (χ0v) is 8.08. The van der Waals surface area contributed by atoms with Crippen molar-refractivity contribution < 1.29 is 19.4 Å². The highest BCUT2D eigenvalue weighted by molar-refractivity contribution is 5.71. The molecule has 0 unspecified atom stereocenters. The summed E-state index contributed by atoms with van der Waals surface area (Å²) in [6.45, 7) is 2.83. The van der Waals surface area contributed by atoms with E-state index in [-0.39, 0.29) is 19.1 Å². The number of hydrogen-bond acceptors (Lipinski definition) is 5. The maximum atomic E-state index is 10.8. The molecule has 0 aliphatic carbocycles. The summed E-state index contributed by atoms with van der Waals surface area (Å²) in [5, 5.41) is 11.9. The van der Waals surface area contributed by atoms with E-state index in [2.05, 4.69) is 10.1 Å². The van der Waals surface area contributed by atoms with Crippen molar-refractivity contribution in [3.05, 3.63) is 0 Å². The molecule has 0 aliphatic rings. The van der Waals surface area contributed by atoms with Crippen LogP contribution in [0.15, 0.2) is 0 Å². The molecule has 0 aromatic carbocycles. The van der Waals surface area contributed by atoms with Crippen LogP contribution >= 0.6 is 0 Å². The Kier molecular flexibility index (Phi) is 7.57. The number of methoxy groups -OCH3 is 1. The lowest BCUT2D eigenvalue weighted by molar-refractivity contribution is -0.142. The van der Waals surface area contributed by atoms with Crippen molar-refractivity contribution in [1.29, 1.82) is 0 Å². The molecule has 0 rings (SSSR count). The molecule has 0 bridgehead atoms. The fourth-order valence-corrected chi connectivity index (χ4v) is 0.804. The minimum atomic E-state index is -0.584. The zero-order chi connectivity index (χ0) is 10.1. The minimum Gasteiger partial charge on any atom is -0.465 e. The summed E-state index contributed by atoms with van der Waals surface area (Å²) in [6.07, 6.45) is -0.584. The number of esters is 1. The molecule has 0 heterocycles. The largest absolute Gasteiger partial charge is 0.465 e. The average Bonchev–Trinajstić information content (AvgIpc) is 2.05. The van der Waals surface area contributed by atoms with E-state index in [1.54, 1.807) is 6.92 Å². The quantitative estimate of drug-likeness (QED) is 0.513. The van der Waals surface area contributed by atoms with Crippen LogP contribution in [0.5, 0.6) is 0 Å². The van der Waals surface area contributed by atoms with E-state index < -0.39 is 6.10 Å². The lowest BCUT2D eigenvalue weighted by Crippen LogP contribution is -2.34. The van der Waals surface area contributed by atoms with Gasteiger partial charge in [-0.3, -0.25) is 4.79 Å². The summed E-state index contributed by atoms with van der Waals surface area (Å²) in [5.74, 6) is -0.313. The number of hydrogen-bond donors (Lipinski definition) is 2. The molecule has 78 valence electrons. The maximum Gasteiger partial charge on any atom is 0.319 e. The van der Waals surface area contributed by atoms with Crippen LogP contribution in [0.4, 0.5) is 0 Å². The predicted octanol–water partition coefficient (Wildman–Crippen LogP) is -0.854. The van der Waals surface area contributed by atoms with Crippen molar-refractivity contribution >= 4 is 5.97 Å². The van der Waals surface area contributed by atoms with E-state index in [9.17, 15) is 4.79 Å². The smallest absolute Gasteiger partial charge is 0.319 e. The number of carbonyl (C=O) groups excluding carboxylic acids is 1. The van der Waals surface area contributed by atoms with E-state index in [0.717, 1.165) is 0 Å². The van der Waals surface area contributed by atoms with Crippen LogP contribution in [0, 0.1) is 0 Å². The Balaban J connectivity index is 3.28. The molecule has 0 saturated heterocycles. The molecule has 0 aromatic heterocycles. The SMILES string of the molecule is CCOC(=O)CNC[C@@H](O)COC. The minimum absolute atomic E-state index is 0.120. The van der Waals surface area contributed by atoms with Crippen molar-refractivity contribution in [2.24, 2.45) is 0 Å². The first-order valence-corrected chi connectivity index (χ1v) is 4.24. The Morgan fingerprint density at radius 1 is 1.62 bits per heavy atom. The Hall–Kier alpha value is -0.650. The molecule has 5 nitrogen and oxygen atoms in total. The van der Waals surface area contributed by atoms with Gasteiger partial charge in [0.15, 0.2) is 0 Å². The third-order valence-electron chi connectivity index (χ3n) is 1.31. The lowest BCUT2D eigenvalue weighted by atomic mass is 10.4. The summed E-state index contributed by atoms with van der Waals surface area (Å²) in [6, 6.07) is 0. The Bertz CT molecular complexity index is 140. The van der Waals surface area contributed by atoms with Gasteiger partial charge in [-0.1, -0.05) is 0 Å². The third-order valence-corrected chi connectivity index (χ3v) is 1.31. The van der Waals surface area contributed by atoms with Gasteiger partial charge in [-0.2, -0.15) is 0 Å². The van der Waals surface area contributed by atoms with Crippen molar-refractivity contribution in [3.8, 4) is 0 Å². The normalized spacial score (nSPS) is 12.5. The molecule has 0 aromatic rings. The highest BCUT2D eigenvalue weighted by atomic mass is 16.5. The highest BCUT2D eigenvalue weighted by Crippen LogP contribution is 1.81. The van der Waals surface area contributed by atoms with E-state index in [1.165, 1.54) is 7.11 Å². The molecular weight excluding hydrogens is 174 g/mol. The second kappa shape index (κ2) is 7.97. The summed E-state index contributed by atoms with van der Waals surface area (Å²) >= 11 is 0. The topological polar surface area (TPSA) is 67.8 Å². The summed E-state index contributed by atoms with van der Waals surface area (Å²) in [5.41, 5.74) is 0. The summed E-state index contributed by atoms with van der Waals surface area (Å²) < 4.78 is 9.37. The number of aliphatic hydroxyl groups is 1.